The highest BCUT2D eigenvalue weighted by Gasteiger charge is 2.21. The Hall–Kier alpha value is -1.16. The molecule has 1 aromatic rings. The molecule has 0 spiro atoms. The molecule has 1 saturated heterocycles. The van der Waals surface area contributed by atoms with E-state index < -0.39 is 0 Å². The monoisotopic (exact) mass is 179 g/mol. The summed E-state index contributed by atoms with van der Waals surface area (Å²) in [6, 6.07) is 0. The van der Waals surface area contributed by atoms with Crippen LogP contribution >= 0.6 is 0 Å². The van der Waals surface area contributed by atoms with Gasteiger partial charge in [0.25, 0.3) is 0 Å². The molecule has 2 heterocycles. The highest BCUT2D eigenvalue weighted by molar-refractivity contribution is 5.42. The maximum Gasteiger partial charge on any atom is 0.115 e. The Bertz CT molecular complexity index is 265. The van der Waals surface area contributed by atoms with Gasteiger partial charge in [0, 0.05) is 25.6 Å². The topological polar surface area (TPSA) is 49.2 Å². The number of aliphatic hydroxyl groups is 1. The van der Waals surface area contributed by atoms with E-state index in [9.17, 15) is 0 Å². The molecule has 0 aliphatic carbocycles. The number of aliphatic hydroxyl groups excluding tert-OH is 1. The van der Waals surface area contributed by atoms with Crippen molar-refractivity contribution in [3.05, 3.63) is 18.7 Å². The van der Waals surface area contributed by atoms with Gasteiger partial charge in [0.15, 0.2) is 0 Å². The largest absolute Gasteiger partial charge is 0.396 e. The van der Waals surface area contributed by atoms with Crippen LogP contribution in [0.3, 0.4) is 0 Å². The number of nitrogens with zero attached hydrogens (tertiary/aromatic N) is 3. The smallest absolute Gasteiger partial charge is 0.115 e. The molecule has 70 valence electrons. The van der Waals surface area contributed by atoms with E-state index >= 15 is 0 Å². The number of hydrogen-bond donors (Lipinski definition) is 1. The molecule has 1 aliphatic heterocycles. The fourth-order valence-corrected chi connectivity index (χ4v) is 1.67. The molecule has 4 heteroatoms. The number of aromatic nitrogens is 2. The minimum atomic E-state index is 0.282. The predicted octanol–water partition coefficient (Wildman–Crippen LogP) is 0.295. The van der Waals surface area contributed by atoms with E-state index in [2.05, 4.69) is 14.9 Å². The van der Waals surface area contributed by atoms with Crippen LogP contribution in [-0.4, -0.2) is 34.8 Å². The molecule has 1 aliphatic rings. The second-order valence-corrected chi connectivity index (χ2v) is 3.38. The first-order valence-electron chi connectivity index (χ1n) is 4.51. The van der Waals surface area contributed by atoms with Crippen molar-refractivity contribution in [1.82, 2.24) is 9.97 Å². The van der Waals surface area contributed by atoms with Crippen LogP contribution in [0.25, 0.3) is 0 Å². The summed E-state index contributed by atoms with van der Waals surface area (Å²) in [5.74, 6) is 0.417. The van der Waals surface area contributed by atoms with Crippen molar-refractivity contribution >= 4 is 5.69 Å². The van der Waals surface area contributed by atoms with Crippen LogP contribution in [0.15, 0.2) is 18.7 Å². The fraction of sp³-hybridized carbons (Fsp3) is 0.556. The molecule has 1 atom stereocenters. The van der Waals surface area contributed by atoms with Crippen LogP contribution in [0.2, 0.25) is 0 Å². The van der Waals surface area contributed by atoms with Gasteiger partial charge in [-0.05, 0) is 6.42 Å². The lowest BCUT2D eigenvalue weighted by molar-refractivity contribution is 0.238. The first-order chi connectivity index (χ1) is 6.40. The Kier molecular flexibility index (Phi) is 2.40. The summed E-state index contributed by atoms with van der Waals surface area (Å²) < 4.78 is 0. The van der Waals surface area contributed by atoms with Gasteiger partial charge >= 0.3 is 0 Å². The average Bonchev–Trinajstić information content (AvgIpc) is 2.67. The van der Waals surface area contributed by atoms with Crippen molar-refractivity contribution in [1.29, 1.82) is 0 Å². The molecule has 0 bridgehead atoms. The highest BCUT2D eigenvalue weighted by Crippen LogP contribution is 2.21. The van der Waals surface area contributed by atoms with Crippen molar-refractivity contribution in [3.63, 3.8) is 0 Å². The number of anilines is 1. The van der Waals surface area contributed by atoms with Crippen LogP contribution < -0.4 is 4.90 Å². The quantitative estimate of drug-likeness (QED) is 0.709. The SMILES string of the molecule is OCC1CCN(c2cncnc2)C1. The van der Waals surface area contributed by atoms with Crippen molar-refractivity contribution in [3.8, 4) is 0 Å². The fourth-order valence-electron chi connectivity index (χ4n) is 1.67. The third kappa shape index (κ3) is 1.78. The van der Waals surface area contributed by atoms with Gasteiger partial charge in [-0.2, -0.15) is 0 Å². The van der Waals surface area contributed by atoms with Crippen LogP contribution in [0.4, 0.5) is 5.69 Å². The maximum atomic E-state index is 8.97. The summed E-state index contributed by atoms with van der Waals surface area (Å²) in [4.78, 5) is 10.1. The molecular weight excluding hydrogens is 166 g/mol. The van der Waals surface area contributed by atoms with E-state index in [1.165, 1.54) is 6.33 Å². The zero-order chi connectivity index (χ0) is 9.10. The first kappa shape index (κ1) is 8.44. The van der Waals surface area contributed by atoms with Crippen molar-refractivity contribution in [2.75, 3.05) is 24.6 Å². The van der Waals surface area contributed by atoms with Crippen molar-refractivity contribution < 1.29 is 5.11 Å². The molecule has 2 rings (SSSR count). The van der Waals surface area contributed by atoms with Gasteiger partial charge in [0.05, 0.1) is 18.1 Å². The normalized spacial score (nSPS) is 22.2. The molecule has 1 unspecified atom stereocenters. The minimum absolute atomic E-state index is 0.282. The third-order valence-electron chi connectivity index (χ3n) is 2.46. The van der Waals surface area contributed by atoms with Gasteiger partial charge in [-0.3, -0.25) is 0 Å². The molecular formula is C9H13N3O. The number of hydrogen-bond acceptors (Lipinski definition) is 4. The number of rotatable bonds is 2. The zero-order valence-corrected chi connectivity index (χ0v) is 7.43. The van der Waals surface area contributed by atoms with Gasteiger partial charge < -0.3 is 10.0 Å². The van der Waals surface area contributed by atoms with Gasteiger partial charge in [-0.1, -0.05) is 0 Å². The van der Waals surface area contributed by atoms with E-state index in [-0.39, 0.29) is 6.61 Å². The molecule has 1 aromatic heterocycles. The molecule has 0 aromatic carbocycles. The highest BCUT2D eigenvalue weighted by atomic mass is 16.3. The second kappa shape index (κ2) is 3.70. The first-order valence-corrected chi connectivity index (χ1v) is 4.51. The lowest BCUT2D eigenvalue weighted by Gasteiger charge is -2.16. The maximum absolute atomic E-state index is 8.97. The molecule has 1 fully saturated rings. The molecule has 0 saturated carbocycles. The van der Waals surface area contributed by atoms with E-state index in [1.807, 2.05) is 12.4 Å². The lowest BCUT2D eigenvalue weighted by atomic mass is 10.1. The predicted molar refractivity (Wildman–Crippen MR) is 49.4 cm³/mol. The van der Waals surface area contributed by atoms with Gasteiger partial charge in [0.1, 0.15) is 6.33 Å². The van der Waals surface area contributed by atoms with Crippen LogP contribution in [0, 0.1) is 5.92 Å². The lowest BCUT2D eigenvalue weighted by Crippen LogP contribution is -2.20. The Balaban J connectivity index is 2.04. The minimum Gasteiger partial charge on any atom is -0.396 e. The van der Waals surface area contributed by atoms with Crippen LogP contribution in [-0.2, 0) is 0 Å². The summed E-state index contributed by atoms with van der Waals surface area (Å²) in [7, 11) is 0. The molecule has 0 radical (unpaired) electrons. The van der Waals surface area contributed by atoms with E-state index in [0.717, 1.165) is 25.2 Å². The summed E-state index contributed by atoms with van der Waals surface area (Å²) in [6.07, 6.45) is 6.22. The van der Waals surface area contributed by atoms with E-state index in [4.69, 9.17) is 5.11 Å². The molecule has 0 amide bonds. The second-order valence-electron chi connectivity index (χ2n) is 3.38. The molecule has 4 nitrogen and oxygen atoms in total. The van der Waals surface area contributed by atoms with Crippen molar-refractivity contribution in [2.45, 2.75) is 6.42 Å². The average molecular weight is 179 g/mol. The summed E-state index contributed by atoms with van der Waals surface area (Å²) in [6.45, 7) is 2.20. The van der Waals surface area contributed by atoms with Gasteiger partial charge in [0.2, 0.25) is 0 Å². The van der Waals surface area contributed by atoms with Crippen LogP contribution in [0.1, 0.15) is 6.42 Å². The Labute approximate surface area is 77.2 Å². The van der Waals surface area contributed by atoms with Crippen molar-refractivity contribution in [2.24, 2.45) is 5.92 Å². The van der Waals surface area contributed by atoms with E-state index in [1.54, 1.807) is 0 Å². The Morgan fingerprint density at radius 1 is 1.46 bits per heavy atom. The molecule has 13 heavy (non-hydrogen) atoms. The summed E-state index contributed by atoms with van der Waals surface area (Å²) >= 11 is 0. The third-order valence-corrected chi connectivity index (χ3v) is 2.46. The molecule has 1 N–H and O–H groups in total. The van der Waals surface area contributed by atoms with E-state index in [0.29, 0.717) is 5.92 Å². The van der Waals surface area contributed by atoms with Gasteiger partial charge in [-0.25, -0.2) is 9.97 Å². The Morgan fingerprint density at radius 2 is 2.23 bits per heavy atom. The van der Waals surface area contributed by atoms with Crippen LogP contribution in [0.5, 0.6) is 0 Å². The zero-order valence-electron chi connectivity index (χ0n) is 7.43. The standard InChI is InChI=1S/C9H13N3O/c13-6-8-1-2-12(5-8)9-3-10-7-11-4-9/h3-4,7-8,13H,1-2,5-6H2. The summed E-state index contributed by atoms with van der Waals surface area (Å²) in [5, 5.41) is 8.97. The van der Waals surface area contributed by atoms with Gasteiger partial charge in [-0.15, -0.1) is 0 Å². The summed E-state index contributed by atoms with van der Waals surface area (Å²) in [5.41, 5.74) is 1.05. The Morgan fingerprint density at radius 3 is 2.85 bits per heavy atom.